The Hall–Kier alpha value is -3.10. The van der Waals surface area contributed by atoms with Gasteiger partial charge < -0.3 is 9.64 Å². The van der Waals surface area contributed by atoms with Crippen LogP contribution in [0.2, 0.25) is 5.02 Å². The highest BCUT2D eigenvalue weighted by molar-refractivity contribution is 6.30. The standard InChI is InChI=1S/C28H27ClF3N3O2/c1-27(2,22-7-4-14-33-25(22)17-8-9-17)34-23-16-24(18-5-3-6-19(29)15-18)35(26(23)36)20-10-12-21(13-11-20)37-28(30,31)32/h3-7,10-15,17,23-24,34H,8-9,16H2,1-2H3. The molecule has 37 heavy (non-hydrogen) atoms. The second-order valence-corrected chi connectivity index (χ2v) is 10.5. The molecule has 2 atom stereocenters. The summed E-state index contributed by atoms with van der Waals surface area (Å²) in [7, 11) is 0. The van der Waals surface area contributed by atoms with E-state index in [1.807, 2.05) is 38.1 Å². The second kappa shape index (κ2) is 9.65. The first-order chi connectivity index (χ1) is 17.5. The fraction of sp³-hybridized carbons (Fsp3) is 0.357. The Kier molecular flexibility index (Phi) is 6.66. The SMILES string of the molecule is CC(C)(NC1CC(c2cccc(Cl)c2)N(c2ccc(OC(F)(F)F)cc2)C1=O)c1cccnc1C1CC1. The number of ether oxygens (including phenoxy) is 1. The van der Waals surface area contributed by atoms with Crippen molar-refractivity contribution in [3.05, 3.63) is 88.7 Å². The predicted octanol–water partition coefficient (Wildman–Crippen LogP) is 6.88. The van der Waals surface area contributed by atoms with Crippen LogP contribution in [0.4, 0.5) is 18.9 Å². The number of benzene rings is 2. The quantitative estimate of drug-likeness (QED) is 0.362. The van der Waals surface area contributed by atoms with Gasteiger partial charge in [0.15, 0.2) is 0 Å². The Morgan fingerprint density at radius 1 is 1.05 bits per heavy atom. The number of halogens is 4. The molecular formula is C28H27ClF3N3O2. The van der Waals surface area contributed by atoms with Crippen molar-refractivity contribution in [3.63, 3.8) is 0 Å². The third-order valence-corrected chi connectivity index (χ3v) is 7.13. The molecule has 5 nitrogen and oxygen atoms in total. The smallest absolute Gasteiger partial charge is 0.406 e. The largest absolute Gasteiger partial charge is 0.573 e. The number of anilines is 1. The zero-order valence-electron chi connectivity index (χ0n) is 20.4. The molecule has 2 fully saturated rings. The first-order valence-corrected chi connectivity index (χ1v) is 12.6. The summed E-state index contributed by atoms with van der Waals surface area (Å²) in [5, 5.41) is 4.10. The molecule has 0 bridgehead atoms. The first-order valence-electron chi connectivity index (χ1n) is 12.2. The lowest BCUT2D eigenvalue weighted by atomic mass is 9.89. The van der Waals surface area contributed by atoms with E-state index in [0.717, 1.165) is 29.7 Å². The van der Waals surface area contributed by atoms with E-state index in [-0.39, 0.29) is 17.7 Å². The van der Waals surface area contributed by atoms with Crippen molar-refractivity contribution < 1.29 is 22.7 Å². The Balaban J connectivity index is 1.46. The van der Waals surface area contributed by atoms with Gasteiger partial charge in [0.2, 0.25) is 5.91 Å². The molecule has 1 N–H and O–H groups in total. The Morgan fingerprint density at radius 3 is 2.43 bits per heavy atom. The fourth-order valence-electron chi connectivity index (χ4n) is 5.13. The Morgan fingerprint density at radius 2 is 1.78 bits per heavy atom. The number of aromatic nitrogens is 1. The lowest BCUT2D eigenvalue weighted by Gasteiger charge is -2.31. The number of nitrogens with zero attached hydrogens (tertiary/aromatic N) is 2. The van der Waals surface area contributed by atoms with Crippen LogP contribution in [0.1, 0.15) is 61.9 Å². The van der Waals surface area contributed by atoms with Crippen LogP contribution < -0.4 is 15.0 Å². The average molecular weight is 530 g/mol. The summed E-state index contributed by atoms with van der Waals surface area (Å²) in [6, 6.07) is 15.7. The van der Waals surface area contributed by atoms with Crippen LogP contribution in [-0.2, 0) is 10.3 Å². The molecule has 0 spiro atoms. The van der Waals surface area contributed by atoms with Crippen LogP contribution in [-0.4, -0.2) is 23.3 Å². The molecule has 5 rings (SSSR count). The van der Waals surface area contributed by atoms with E-state index in [1.165, 1.54) is 24.3 Å². The number of nitrogens with one attached hydrogen (secondary N) is 1. The molecule has 1 aromatic heterocycles. The molecule has 2 aliphatic rings. The summed E-state index contributed by atoms with van der Waals surface area (Å²) in [5.74, 6) is -0.0636. The monoisotopic (exact) mass is 529 g/mol. The Bertz CT molecular complexity index is 1290. The van der Waals surface area contributed by atoms with Gasteiger partial charge in [-0.05, 0) is 86.7 Å². The molecule has 2 unspecified atom stereocenters. The van der Waals surface area contributed by atoms with Crippen LogP contribution >= 0.6 is 11.6 Å². The van der Waals surface area contributed by atoms with Gasteiger partial charge in [-0.3, -0.25) is 15.1 Å². The predicted molar refractivity (Wildman–Crippen MR) is 136 cm³/mol. The molecule has 194 valence electrons. The second-order valence-electron chi connectivity index (χ2n) is 10.1. The van der Waals surface area contributed by atoms with Crippen molar-refractivity contribution in [1.29, 1.82) is 0 Å². The molecular weight excluding hydrogens is 503 g/mol. The van der Waals surface area contributed by atoms with Gasteiger partial charge in [0.25, 0.3) is 0 Å². The van der Waals surface area contributed by atoms with Crippen molar-refractivity contribution in [3.8, 4) is 5.75 Å². The average Bonchev–Trinajstić information content (AvgIpc) is 3.64. The number of alkyl halides is 3. The first kappa shape index (κ1) is 25.5. The molecule has 9 heteroatoms. The van der Waals surface area contributed by atoms with Gasteiger partial charge in [-0.1, -0.05) is 29.8 Å². The van der Waals surface area contributed by atoms with Crippen LogP contribution in [0.5, 0.6) is 5.75 Å². The molecule has 1 saturated heterocycles. The van der Waals surface area contributed by atoms with Gasteiger partial charge in [-0.25, -0.2) is 0 Å². The number of carbonyl (C=O) groups excluding carboxylic acids is 1. The summed E-state index contributed by atoms with van der Waals surface area (Å²) in [6.45, 7) is 4.09. The number of hydrogen-bond acceptors (Lipinski definition) is 4. The van der Waals surface area contributed by atoms with Crippen molar-refractivity contribution in [2.75, 3.05) is 4.90 Å². The van der Waals surface area contributed by atoms with E-state index in [2.05, 4.69) is 21.1 Å². The summed E-state index contributed by atoms with van der Waals surface area (Å²) < 4.78 is 41.9. The summed E-state index contributed by atoms with van der Waals surface area (Å²) in [5.41, 5.74) is 2.92. The lowest BCUT2D eigenvalue weighted by Crippen LogP contribution is -2.48. The summed E-state index contributed by atoms with van der Waals surface area (Å²) in [4.78, 5) is 20.1. The molecule has 2 heterocycles. The van der Waals surface area contributed by atoms with E-state index in [1.54, 1.807) is 17.2 Å². The minimum absolute atomic E-state index is 0.167. The third-order valence-electron chi connectivity index (χ3n) is 6.90. The molecule has 2 aromatic carbocycles. The van der Waals surface area contributed by atoms with Crippen molar-refractivity contribution in [2.45, 2.75) is 63.0 Å². The molecule has 1 aliphatic heterocycles. The number of pyridine rings is 1. The normalized spacial score (nSPS) is 20.4. The van der Waals surface area contributed by atoms with Gasteiger partial charge in [0.1, 0.15) is 5.75 Å². The van der Waals surface area contributed by atoms with Gasteiger partial charge in [0, 0.05) is 34.1 Å². The van der Waals surface area contributed by atoms with Crippen molar-refractivity contribution in [1.82, 2.24) is 10.3 Å². The zero-order chi connectivity index (χ0) is 26.4. The van der Waals surface area contributed by atoms with E-state index in [4.69, 9.17) is 11.6 Å². The molecule has 1 saturated carbocycles. The molecule has 1 aliphatic carbocycles. The lowest BCUT2D eigenvalue weighted by molar-refractivity contribution is -0.274. The number of rotatable bonds is 7. The number of amides is 1. The fourth-order valence-corrected chi connectivity index (χ4v) is 5.33. The maximum atomic E-state index is 13.8. The van der Waals surface area contributed by atoms with E-state index in [9.17, 15) is 18.0 Å². The topological polar surface area (TPSA) is 54.5 Å². The van der Waals surface area contributed by atoms with Crippen LogP contribution in [0, 0.1) is 0 Å². The van der Waals surface area contributed by atoms with Crippen molar-refractivity contribution >= 4 is 23.2 Å². The van der Waals surface area contributed by atoms with Crippen molar-refractivity contribution in [2.24, 2.45) is 0 Å². The molecule has 0 radical (unpaired) electrons. The van der Waals surface area contributed by atoms with E-state index in [0.29, 0.717) is 23.0 Å². The highest BCUT2D eigenvalue weighted by Gasteiger charge is 2.44. The zero-order valence-corrected chi connectivity index (χ0v) is 21.2. The van der Waals surface area contributed by atoms with Gasteiger partial charge in [-0.15, -0.1) is 13.2 Å². The van der Waals surface area contributed by atoms with E-state index < -0.39 is 17.9 Å². The summed E-state index contributed by atoms with van der Waals surface area (Å²) in [6.07, 6.45) is -0.303. The van der Waals surface area contributed by atoms with Crippen LogP contribution in [0.25, 0.3) is 0 Å². The summed E-state index contributed by atoms with van der Waals surface area (Å²) >= 11 is 6.26. The van der Waals surface area contributed by atoms with Gasteiger partial charge in [-0.2, -0.15) is 0 Å². The maximum absolute atomic E-state index is 13.8. The molecule has 1 amide bonds. The van der Waals surface area contributed by atoms with Crippen LogP contribution in [0.3, 0.4) is 0 Å². The van der Waals surface area contributed by atoms with Gasteiger partial charge >= 0.3 is 6.36 Å². The Labute approximate surface area is 218 Å². The minimum Gasteiger partial charge on any atom is -0.406 e. The maximum Gasteiger partial charge on any atom is 0.573 e. The number of carbonyl (C=O) groups is 1. The minimum atomic E-state index is -4.79. The number of hydrogen-bond donors (Lipinski definition) is 1. The van der Waals surface area contributed by atoms with Crippen LogP contribution in [0.15, 0.2) is 66.9 Å². The van der Waals surface area contributed by atoms with Gasteiger partial charge in [0.05, 0.1) is 12.1 Å². The highest BCUT2D eigenvalue weighted by atomic mass is 35.5. The van der Waals surface area contributed by atoms with E-state index >= 15 is 0 Å². The third kappa shape index (κ3) is 5.60. The highest BCUT2D eigenvalue weighted by Crippen LogP contribution is 2.44. The molecule has 3 aromatic rings.